The number of hydrogen-bond donors (Lipinski definition) is 0. The average molecular weight is 400 g/mol. The molecule has 0 saturated heterocycles. The molecule has 0 spiro atoms. The van der Waals surface area contributed by atoms with E-state index in [0.29, 0.717) is 17.8 Å². The highest BCUT2D eigenvalue weighted by Gasteiger charge is 2.46. The summed E-state index contributed by atoms with van der Waals surface area (Å²) in [5.74, 6) is 1.09. The average Bonchev–Trinajstić information content (AvgIpc) is 3.41. The van der Waals surface area contributed by atoms with Crippen LogP contribution in [0.4, 0.5) is 10.2 Å². The molecule has 1 fully saturated rings. The van der Waals surface area contributed by atoms with E-state index in [-0.39, 0.29) is 23.6 Å². The minimum atomic E-state index is -0.215. The summed E-state index contributed by atoms with van der Waals surface area (Å²) in [6.45, 7) is 0. The minimum absolute atomic E-state index is 0.0757. The van der Waals surface area contributed by atoms with E-state index < -0.39 is 0 Å². The Bertz CT molecular complexity index is 930. The van der Waals surface area contributed by atoms with Crippen LogP contribution >= 0.6 is 0 Å². The molecule has 28 heavy (non-hydrogen) atoms. The number of hydrogen-bond acceptors (Lipinski definition) is 5. The Hall–Kier alpha value is -2.28. The van der Waals surface area contributed by atoms with Crippen molar-refractivity contribution in [2.45, 2.75) is 31.6 Å². The number of benzene rings is 1. The van der Waals surface area contributed by atoms with Crippen LogP contribution in [0.15, 0.2) is 29.5 Å². The normalized spacial score (nSPS) is 21.6. The van der Waals surface area contributed by atoms with Gasteiger partial charge in [-0.2, -0.15) is 0 Å². The molecule has 1 heterocycles. The molecule has 1 aromatic heterocycles. The van der Waals surface area contributed by atoms with Gasteiger partial charge in [-0.1, -0.05) is 6.07 Å². The number of aromatic nitrogens is 2. The van der Waals surface area contributed by atoms with E-state index in [0.717, 1.165) is 42.0 Å². The maximum Gasteiger partial charge on any atom is 0.309 e. The lowest BCUT2D eigenvalue weighted by Crippen LogP contribution is -2.04. The Labute approximate surface area is 167 Å². The molecule has 2 atom stereocenters. The lowest BCUT2D eigenvalue weighted by molar-refractivity contribution is -0.142. The second kappa shape index (κ2) is 7.99. The smallest absolute Gasteiger partial charge is 0.309 e. The number of thiol groups is 1. The largest absolute Gasteiger partial charge is 0.469 e. The SMILES string of the molecule is COC(=O)[C@H]1C[C@@H]1c1cnc(N=C2CCc3c(CC[SH+]C)ccc(F)c32)cn1. The van der Waals surface area contributed by atoms with Crippen molar-refractivity contribution in [2.75, 3.05) is 19.1 Å². The third kappa shape index (κ3) is 3.68. The van der Waals surface area contributed by atoms with Gasteiger partial charge in [-0.3, -0.25) is 9.78 Å². The zero-order valence-corrected chi connectivity index (χ0v) is 16.9. The summed E-state index contributed by atoms with van der Waals surface area (Å²) in [6, 6.07) is 3.46. The third-order valence-corrected chi connectivity index (χ3v) is 6.12. The highest BCUT2D eigenvalue weighted by molar-refractivity contribution is 7.77. The van der Waals surface area contributed by atoms with Crippen LogP contribution in [-0.4, -0.2) is 40.8 Å². The Morgan fingerprint density at radius 2 is 2.18 bits per heavy atom. The number of aryl methyl sites for hydroxylation is 1. The molecule has 1 aromatic carbocycles. The molecule has 7 heteroatoms. The van der Waals surface area contributed by atoms with Crippen molar-refractivity contribution in [2.24, 2.45) is 10.9 Å². The molecule has 2 aliphatic rings. The van der Waals surface area contributed by atoms with E-state index in [1.54, 1.807) is 18.5 Å². The number of aliphatic imine (C=N–C) groups is 1. The number of methoxy groups -OCH3 is 1. The van der Waals surface area contributed by atoms with Gasteiger partial charge in [0.05, 0.1) is 43.1 Å². The van der Waals surface area contributed by atoms with Gasteiger partial charge >= 0.3 is 5.97 Å². The van der Waals surface area contributed by atoms with Crippen molar-refractivity contribution >= 4 is 29.3 Å². The zero-order valence-electron chi connectivity index (χ0n) is 16.0. The molecule has 0 bridgehead atoms. The van der Waals surface area contributed by atoms with Crippen LogP contribution in [0.2, 0.25) is 0 Å². The maximum atomic E-state index is 14.5. The number of halogens is 1. The van der Waals surface area contributed by atoms with Crippen molar-refractivity contribution in [1.82, 2.24) is 9.97 Å². The topological polar surface area (TPSA) is 64.4 Å². The van der Waals surface area contributed by atoms with Gasteiger partial charge in [0, 0.05) is 17.9 Å². The van der Waals surface area contributed by atoms with Gasteiger partial charge in [0.2, 0.25) is 0 Å². The number of nitrogens with zero attached hydrogens (tertiary/aromatic N) is 3. The van der Waals surface area contributed by atoms with Gasteiger partial charge in [0.15, 0.2) is 5.82 Å². The second-order valence-electron chi connectivity index (χ2n) is 7.18. The summed E-state index contributed by atoms with van der Waals surface area (Å²) < 4.78 is 19.3. The third-order valence-electron chi connectivity index (χ3n) is 5.45. The Morgan fingerprint density at radius 1 is 1.32 bits per heavy atom. The summed E-state index contributed by atoms with van der Waals surface area (Å²) in [5.41, 5.74) is 4.47. The fraction of sp³-hybridized carbons (Fsp3) is 0.429. The fourth-order valence-electron chi connectivity index (χ4n) is 3.86. The summed E-state index contributed by atoms with van der Waals surface area (Å²) in [5, 5.41) is 0. The molecule has 5 nitrogen and oxygen atoms in total. The van der Waals surface area contributed by atoms with Gasteiger partial charge < -0.3 is 4.74 Å². The van der Waals surface area contributed by atoms with Crippen molar-refractivity contribution in [3.63, 3.8) is 0 Å². The fourth-order valence-corrected chi connectivity index (χ4v) is 4.32. The van der Waals surface area contributed by atoms with Crippen LogP contribution in [0.25, 0.3) is 0 Å². The second-order valence-corrected chi connectivity index (χ2v) is 8.26. The van der Waals surface area contributed by atoms with E-state index in [9.17, 15) is 9.18 Å². The summed E-state index contributed by atoms with van der Waals surface area (Å²) in [7, 11) is 1.40. The van der Waals surface area contributed by atoms with Gasteiger partial charge in [-0.15, -0.1) is 0 Å². The molecule has 0 aliphatic heterocycles. The first-order chi connectivity index (χ1) is 13.6. The number of carbonyl (C=O) groups is 1. The Morgan fingerprint density at radius 3 is 2.89 bits per heavy atom. The monoisotopic (exact) mass is 400 g/mol. The van der Waals surface area contributed by atoms with Gasteiger partial charge in [0.1, 0.15) is 11.6 Å². The highest BCUT2D eigenvalue weighted by atomic mass is 32.2. The number of ether oxygens (including phenoxy) is 1. The van der Waals surface area contributed by atoms with Crippen molar-refractivity contribution in [3.8, 4) is 0 Å². The summed E-state index contributed by atoms with van der Waals surface area (Å²) in [4.78, 5) is 24.9. The first-order valence-corrected chi connectivity index (χ1v) is 11.0. The predicted octanol–water partition coefficient (Wildman–Crippen LogP) is 2.95. The molecule has 1 saturated carbocycles. The van der Waals surface area contributed by atoms with Crippen LogP contribution in [0.5, 0.6) is 0 Å². The van der Waals surface area contributed by atoms with E-state index in [2.05, 4.69) is 21.2 Å². The van der Waals surface area contributed by atoms with Crippen molar-refractivity contribution in [1.29, 1.82) is 0 Å². The van der Waals surface area contributed by atoms with Crippen molar-refractivity contribution < 1.29 is 13.9 Å². The lowest BCUT2D eigenvalue weighted by Gasteiger charge is -2.08. The van der Waals surface area contributed by atoms with Crippen LogP contribution < -0.4 is 0 Å². The molecule has 0 radical (unpaired) electrons. The maximum absolute atomic E-state index is 14.5. The van der Waals surface area contributed by atoms with E-state index in [1.165, 1.54) is 24.4 Å². The van der Waals surface area contributed by atoms with Crippen LogP contribution in [0.1, 0.15) is 41.1 Å². The molecule has 146 valence electrons. The van der Waals surface area contributed by atoms with Gasteiger partial charge in [-0.25, -0.2) is 14.4 Å². The van der Waals surface area contributed by atoms with Gasteiger partial charge in [0.25, 0.3) is 0 Å². The molecule has 0 N–H and O–H groups in total. The number of esters is 1. The van der Waals surface area contributed by atoms with E-state index in [1.807, 2.05) is 6.07 Å². The standard InChI is InChI=1S/C21H22FN3O2S/c1-27-21(26)15-9-14(15)18-10-24-19(11-23-18)25-17-6-4-13-12(7-8-28-2)3-5-16(22)20(13)17/h3,5,10-11,14-15H,4,6-9H2,1-2H3/p+1/t14-,15-/m0/s1. The lowest BCUT2D eigenvalue weighted by atomic mass is 10.0. The highest BCUT2D eigenvalue weighted by Crippen LogP contribution is 2.47. The van der Waals surface area contributed by atoms with Crippen LogP contribution in [-0.2, 0) is 34.1 Å². The molecular weight excluding hydrogens is 377 g/mol. The Balaban J connectivity index is 1.55. The van der Waals surface area contributed by atoms with Crippen LogP contribution in [0, 0.1) is 11.7 Å². The summed E-state index contributed by atoms with van der Waals surface area (Å²) in [6.07, 6.45) is 8.63. The molecular formula is C21H23FN3O2S+. The molecule has 2 aliphatic carbocycles. The van der Waals surface area contributed by atoms with E-state index >= 15 is 0 Å². The van der Waals surface area contributed by atoms with E-state index in [4.69, 9.17) is 4.74 Å². The first-order valence-electron chi connectivity index (χ1n) is 9.46. The molecule has 2 aromatic rings. The number of fused-ring (bicyclic) bond motifs is 1. The molecule has 0 amide bonds. The number of carbonyl (C=O) groups excluding carboxylic acids is 1. The number of rotatable bonds is 6. The zero-order chi connectivity index (χ0) is 19.7. The summed E-state index contributed by atoms with van der Waals surface area (Å²) >= 11 is 1.34. The molecule has 0 unspecified atom stereocenters. The van der Waals surface area contributed by atoms with Crippen LogP contribution in [0.3, 0.4) is 0 Å². The molecule has 4 rings (SSSR count). The van der Waals surface area contributed by atoms with Crippen molar-refractivity contribution in [3.05, 3.63) is 52.7 Å². The first kappa shape index (κ1) is 19.1. The quantitative estimate of drug-likeness (QED) is 0.425. The Kier molecular flexibility index (Phi) is 5.44. The predicted molar refractivity (Wildman–Crippen MR) is 109 cm³/mol. The minimum Gasteiger partial charge on any atom is -0.469 e. The van der Waals surface area contributed by atoms with Gasteiger partial charge in [-0.05, 0) is 48.2 Å².